The summed E-state index contributed by atoms with van der Waals surface area (Å²) in [5.41, 5.74) is 1.07. The third-order valence-electron chi connectivity index (χ3n) is 2.38. The van der Waals surface area contributed by atoms with E-state index in [0.717, 1.165) is 0 Å². The van der Waals surface area contributed by atoms with Gasteiger partial charge in [-0.15, -0.1) is 0 Å². The first-order valence-electron chi connectivity index (χ1n) is 5.02. The molecule has 0 aliphatic rings. The Labute approximate surface area is 95.3 Å². The molecule has 92 valence electrons. The van der Waals surface area contributed by atoms with Crippen LogP contribution in [0.3, 0.4) is 0 Å². The Morgan fingerprint density at radius 3 is 2.56 bits per heavy atom. The second kappa shape index (κ2) is 4.94. The maximum Gasteiger partial charge on any atom is 0.243 e. The van der Waals surface area contributed by atoms with E-state index in [0.29, 0.717) is 24.4 Å². The van der Waals surface area contributed by atoms with E-state index in [4.69, 9.17) is 5.11 Å². The maximum absolute atomic E-state index is 11.7. The predicted molar refractivity (Wildman–Crippen MR) is 59.6 cm³/mol. The number of aromatic nitrogens is 2. The Kier molecular flexibility index (Phi) is 4.06. The molecule has 2 N–H and O–H groups in total. The van der Waals surface area contributed by atoms with Crippen LogP contribution in [0.2, 0.25) is 0 Å². The van der Waals surface area contributed by atoms with Crippen molar-refractivity contribution in [2.45, 2.75) is 31.7 Å². The molecule has 0 atom stereocenters. The van der Waals surface area contributed by atoms with Crippen molar-refractivity contribution in [3.8, 4) is 0 Å². The zero-order valence-corrected chi connectivity index (χ0v) is 10.5. The summed E-state index contributed by atoms with van der Waals surface area (Å²) in [7, 11) is -2.09. The minimum Gasteiger partial charge on any atom is -0.396 e. The van der Waals surface area contributed by atoms with Gasteiger partial charge >= 0.3 is 0 Å². The van der Waals surface area contributed by atoms with Crippen molar-refractivity contribution in [1.82, 2.24) is 14.5 Å². The molecular formula is C9H17N3O3S. The fourth-order valence-corrected chi connectivity index (χ4v) is 2.74. The highest BCUT2D eigenvalue weighted by Crippen LogP contribution is 2.18. The third kappa shape index (κ3) is 2.42. The molecule has 0 bridgehead atoms. The van der Waals surface area contributed by atoms with E-state index >= 15 is 0 Å². The summed E-state index contributed by atoms with van der Waals surface area (Å²) >= 11 is 0. The van der Waals surface area contributed by atoms with Crippen LogP contribution in [0, 0.1) is 13.8 Å². The highest BCUT2D eigenvalue weighted by atomic mass is 32.2. The van der Waals surface area contributed by atoms with Crippen molar-refractivity contribution < 1.29 is 13.5 Å². The van der Waals surface area contributed by atoms with E-state index in [9.17, 15) is 8.42 Å². The summed E-state index contributed by atoms with van der Waals surface area (Å²) in [6.07, 6.45) is 0.557. The molecule has 1 rings (SSSR count). The predicted octanol–water partition coefficient (Wildman–Crippen LogP) is -0.210. The number of rotatable bonds is 5. The Morgan fingerprint density at radius 1 is 1.44 bits per heavy atom. The number of hydrogen-bond donors (Lipinski definition) is 2. The lowest BCUT2D eigenvalue weighted by molar-refractivity contribution is 0.276. The molecule has 1 aromatic rings. The topological polar surface area (TPSA) is 84.2 Å². The molecule has 0 aliphatic heterocycles. The normalized spacial score (nSPS) is 12.0. The molecule has 1 heterocycles. The second-order valence-electron chi connectivity index (χ2n) is 3.51. The summed E-state index contributed by atoms with van der Waals surface area (Å²) in [6.45, 7) is 3.95. The van der Waals surface area contributed by atoms with Crippen molar-refractivity contribution in [2.75, 3.05) is 13.7 Å². The van der Waals surface area contributed by atoms with Crippen LogP contribution in [0.25, 0.3) is 0 Å². The molecule has 6 nitrogen and oxygen atoms in total. The van der Waals surface area contributed by atoms with E-state index in [1.165, 1.54) is 7.05 Å². The van der Waals surface area contributed by atoms with Gasteiger partial charge in [0.1, 0.15) is 4.90 Å². The van der Waals surface area contributed by atoms with Crippen molar-refractivity contribution in [3.05, 3.63) is 11.4 Å². The summed E-state index contributed by atoms with van der Waals surface area (Å²) < 4.78 is 27.3. The van der Waals surface area contributed by atoms with E-state index in [2.05, 4.69) is 9.82 Å². The molecule has 0 unspecified atom stereocenters. The standard InChI is InChI=1S/C9H17N3O3S/c1-7-9(16(14,15)10-3)8(2)12(11-7)5-4-6-13/h10,13H,4-6H2,1-3H3. The zero-order chi connectivity index (χ0) is 12.3. The SMILES string of the molecule is CNS(=O)(=O)c1c(C)nn(CCCO)c1C. The van der Waals surface area contributed by atoms with E-state index < -0.39 is 10.0 Å². The van der Waals surface area contributed by atoms with Crippen LogP contribution in [0.15, 0.2) is 4.90 Å². The minimum atomic E-state index is -3.46. The monoisotopic (exact) mass is 247 g/mol. The summed E-state index contributed by atoms with van der Waals surface area (Å²) in [5.74, 6) is 0. The van der Waals surface area contributed by atoms with Gasteiger partial charge in [0.15, 0.2) is 0 Å². The van der Waals surface area contributed by atoms with E-state index in [1.807, 2.05) is 0 Å². The molecule has 1 aromatic heterocycles. The largest absolute Gasteiger partial charge is 0.396 e. The first-order chi connectivity index (χ1) is 7.44. The van der Waals surface area contributed by atoms with Crippen LogP contribution in [0.4, 0.5) is 0 Å². The van der Waals surface area contributed by atoms with Crippen molar-refractivity contribution in [3.63, 3.8) is 0 Å². The van der Waals surface area contributed by atoms with Crippen LogP contribution in [0.1, 0.15) is 17.8 Å². The zero-order valence-electron chi connectivity index (χ0n) is 9.69. The number of hydrogen-bond acceptors (Lipinski definition) is 4. The van der Waals surface area contributed by atoms with Gasteiger partial charge in [0.2, 0.25) is 10.0 Å². The molecule has 0 aromatic carbocycles. The van der Waals surface area contributed by atoms with Crippen LogP contribution >= 0.6 is 0 Å². The number of nitrogens with one attached hydrogen (secondary N) is 1. The first-order valence-corrected chi connectivity index (χ1v) is 6.50. The smallest absolute Gasteiger partial charge is 0.243 e. The summed E-state index contributed by atoms with van der Waals surface area (Å²) in [5, 5.41) is 12.9. The van der Waals surface area contributed by atoms with Crippen LogP contribution in [0.5, 0.6) is 0 Å². The van der Waals surface area contributed by atoms with Gasteiger partial charge in [0, 0.05) is 13.2 Å². The molecule has 0 saturated carbocycles. The molecule has 0 fully saturated rings. The van der Waals surface area contributed by atoms with Crippen molar-refractivity contribution in [1.29, 1.82) is 0 Å². The van der Waals surface area contributed by atoms with Crippen molar-refractivity contribution >= 4 is 10.0 Å². The molecule has 0 spiro atoms. The number of aryl methyl sites for hydroxylation is 2. The lowest BCUT2D eigenvalue weighted by Gasteiger charge is -2.04. The van der Waals surface area contributed by atoms with Crippen LogP contribution < -0.4 is 4.72 Å². The molecule has 0 saturated heterocycles. The average Bonchev–Trinajstić information content (AvgIpc) is 2.51. The molecule has 0 amide bonds. The van der Waals surface area contributed by atoms with E-state index in [-0.39, 0.29) is 11.5 Å². The van der Waals surface area contributed by atoms with Crippen LogP contribution in [-0.4, -0.2) is 37.0 Å². The number of sulfonamides is 1. The quantitative estimate of drug-likeness (QED) is 0.754. The third-order valence-corrected chi connectivity index (χ3v) is 4.05. The van der Waals surface area contributed by atoms with Gasteiger partial charge in [-0.1, -0.05) is 0 Å². The Balaban J connectivity index is 3.17. The second-order valence-corrected chi connectivity index (χ2v) is 5.33. The number of aliphatic hydroxyl groups is 1. The number of nitrogens with zero attached hydrogens (tertiary/aromatic N) is 2. The van der Waals surface area contributed by atoms with E-state index in [1.54, 1.807) is 18.5 Å². The lowest BCUT2D eigenvalue weighted by atomic mass is 10.4. The Hall–Kier alpha value is -0.920. The van der Waals surface area contributed by atoms with Crippen LogP contribution in [-0.2, 0) is 16.6 Å². The Bertz CT molecular complexity index is 465. The summed E-state index contributed by atoms with van der Waals surface area (Å²) in [4.78, 5) is 0.230. The van der Waals surface area contributed by atoms with Gasteiger partial charge in [0.05, 0.1) is 11.4 Å². The lowest BCUT2D eigenvalue weighted by Crippen LogP contribution is -2.20. The highest BCUT2D eigenvalue weighted by molar-refractivity contribution is 7.89. The maximum atomic E-state index is 11.7. The number of aliphatic hydroxyl groups excluding tert-OH is 1. The minimum absolute atomic E-state index is 0.0620. The van der Waals surface area contributed by atoms with Gasteiger partial charge in [-0.05, 0) is 27.3 Å². The average molecular weight is 247 g/mol. The summed E-state index contributed by atoms with van der Waals surface area (Å²) in [6, 6.07) is 0. The van der Waals surface area contributed by atoms with Gasteiger partial charge in [0.25, 0.3) is 0 Å². The fraction of sp³-hybridized carbons (Fsp3) is 0.667. The van der Waals surface area contributed by atoms with Gasteiger partial charge in [-0.25, -0.2) is 13.1 Å². The fourth-order valence-electron chi connectivity index (χ4n) is 1.61. The highest BCUT2D eigenvalue weighted by Gasteiger charge is 2.22. The molecular weight excluding hydrogens is 230 g/mol. The molecule has 7 heteroatoms. The van der Waals surface area contributed by atoms with Gasteiger partial charge in [-0.2, -0.15) is 5.10 Å². The molecule has 0 radical (unpaired) electrons. The van der Waals surface area contributed by atoms with Gasteiger partial charge in [-0.3, -0.25) is 4.68 Å². The molecule has 16 heavy (non-hydrogen) atoms. The Morgan fingerprint density at radius 2 is 2.06 bits per heavy atom. The molecule has 0 aliphatic carbocycles. The van der Waals surface area contributed by atoms with Gasteiger partial charge < -0.3 is 5.11 Å². The first kappa shape index (κ1) is 13.1. The van der Waals surface area contributed by atoms with Crippen molar-refractivity contribution in [2.24, 2.45) is 0 Å².